The fourth-order valence-corrected chi connectivity index (χ4v) is 5.19. The standard InChI is InChI=1S/C28H22N4O5S/c1-16(17-5-3-2-4-6-17)36-27(35)30-22-15-29-37-25(22)21-12-11-20(23-24(21)32-38-31-23)18-7-9-19(10-8-18)28(13-14-28)26(33)34/h2-12,15-16H,13-14H2,1H3,(H,30,35)(H,33,34). The molecule has 1 amide bonds. The summed E-state index contributed by atoms with van der Waals surface area (Å²) >= 11 is 1.07. The average Bonchev–Trinajstić information content (AvgIpc) is 3.38. The third kappa shape index (κ3) is 4.18. The number of hydrogen-bond acceptors (Lipinski definition) is 8. The predicted molar refractivity (Wildman–Crippen MR) is 142 cm³/mol. The second-order valence-corrected chi connectivity index (χ2v) is 9.77. The Morgan fingerprint density at radius 1 is 1.00 bits per heavy atom. The first-order chi connectivity index (χ1) is 18.5. The second kappa shape index (κ2) is 9.38. The fraction of sp³-hybridized carbons (Fsp3) is 0.179. The van der Waals surface area contributed by atoms with Gasteiger partial charge < -0.3 is 14.4 Å². The van der Waals surface area contributed by atoms with Gasteiger partial charge in [0.15, 0.2) is 5.76 Å². The number of aromatic nitrogens is 3. The van der Waals surface area contributed by atoms with Crippen LogP contribution in [0.5, 0.6) is 0 Å². The summed E-state index contributed by atoms with van der Waals surface area (Å²) in [7, 11) is 0. The molecule has 0 bridgehead atoms. The van der Waals surface area contributed by atoms with Gasteiger partial charge in [-0.15, -0.1) is 0 Å². The molecule has 2 N–H and O–H groups in total. The SMILES string of the molecule is CC(OC(=O)Nc1cnoc1-c1ccc(-c2ccc(C3(C(=O)O)CC3)cc2)c2nsnc12)c1ccccc1. The molecule has 0 radical (unpaired) electrons. The number of ether oxygens (including phenoxy) is 1. The Hall–Kier alpha value is -4.57. The Kier molecular flexibility index (Phi) is 5.88. The number of fused-ring (bicyclic) bond motifs is 1. The molecule has 6 rings (SSSR count). The first kappa shape index (κ1) is 23.8. The largest absolute Gasteiger partial charge is 0.481 e. The highest BCUT2D eigenvalue weighted by molar-refractivity contribution is 7.00. The number of rotatable bonds is 7. The zero-order valence-corrected chi connectivity index (χ0v) is 21.1. The summed E-state index contributed by atoms with van der Waals surface area (Å²) in [4.78, 5) is 24.3. The molecule has 5 aromatic rings. The molecule has 2 heterocycles. The summed E-state index contributed by atoms with van der Waals surface area (Å²) in [6.45, 7) is 1.80. The summed E-state index contributed by atoms with van der Waals surface area (Å²) in [5.74, 6) is -0.443. The van der Waals surface area contributed by atoms with E-state index in [4.69, 9.17) is 9.26 Å². The summed E-state index contributed by atoms with van der Waals surface area (Å²) < 4.78 is 20.0. The van der Waals surface area contributed by atoms with Crippen LogP contribution in [0.15, 0.2) is 77.4 Å². The Balaban J connectivity index is 1.26. The number of amides is 1. The normalized spacial score (nSPS) is 14.7. The molecule has 1 saturated carbocycles. The Morgan fingerprint density at radius 2 is 1.68 bits per heavy atom. The van der Waals surface area contributed by atoms with E-state index in [0.717, 1.165) is 34.0 Å². The summed E-state index contributed by atoms with van der Waals surface area (Å²) in [5.41, 5.74) is 4.93. The molecular formula is C28H22N4O5S. The Labute approximate surface area is 221 Å². The van der Waals surface area contributed by atoms with Crippen LogP contribution in [-0.4, -0.2) is 31.1 Å². The molecule has 38 heavy (non-hydrogen) atoms. The zero-order chi connectivity index (χ0) is 26.3. The lowest BCUT2D eigenvalue weighted by molar-refractivity contribution is -0.140. The van der Waals surface area contributed by atoms with E-state index < -0.39 is 23.6 Å². The molecule has 10 heteroatoms. The molecule has 2 aromatic heterocycles. The molecule has 0 aliphatic heterocycles. The van der Waals surface area contributed by atoms with E-state index in [-0.39, 0.29) is 0 Å². The van der Waals surface area contributed by atoms with Crippen molar-refractivity contribution in [3.8, 4) is 22.5 Å². The fourth-order valence-electron chi connectivity index (χ4n) is 4.62. The van der Waals surface area contributed by atoms with Gasteiger partial charge in [0.1, 0.15) is 22.8 Å². The number of carbonyl (C=O) groups is 2. The van der Waals surface area contributed by atoms with Crippen LogP contribution in [0.1, 0.15) is 37.0 Å². The summed E-state index contributed by atoms with van der Waals surface area (Å²) in [5, 5.41) is 16.2. The Bertz CT molecular complexity index is 1640. The highest BCUT2D eigenvalue weighted by atomic mass is 32.1. The van der Waals surface area contributed by atoms with Gasteiger partial charge in [-0.25, -0.2) is 4.79 Å². The first-order valence-electron chi connectivity index (χ1n) is 12.0. The lowest BCUT2D eigenvalue weighted by Gasteiger charge is -2.14. The number of carboxylic acids is 1. The van der Waals surface area contributed by atoms with E-state index in [9.17, 15) is 14.7 Å². The molecular weight excluding hydrogens is 504 g/mol. The number of nitrogens with one attached hydrogen (secondary N) is 1. The van der Waals surface area contributed by atoms with Crippen LogP contribution in [0.3, 0.4) is 0 Å². The van der Waals surface area contributed by atoms with Gasteiger partial charge in [-0.3, -0.25) is 10.1 Å². The lowest BCUT2D eigenvalue weighted by Crippen LogP contribution is -2.19. The van der Waals surface area contributed by atoms with Crippen molar-refractivity contribution in [1.82, 2.24) is 13.9 Å². The van der Waals surface area contributed by atoms with Gasteiger partial charge in [0.25, 0.3) is 0 Å². The molecule has 3 aromatic carbocycles. The number of anilines is 1. The topological polar surface area (TPSA) is 127 Å². The minimum atomic E-state index is -0.782. The van der Waals surface area contributed by atoms with Crippen molar-refractivity contribution in [1.29, 1.82) is 0 Å². The van der Waals surface area contributed by atoms with E-state index in [0.29, 0.717) is 40.9 Å². The van der Waals surface area contributed by atoms with Crippen molar-refractivity contribution < 1.29 is 24.0 Å². The summed E-state index contributed by atoms with van der Waals surface area (Å²) in [6.07, 6.45) is 1.65. The number of hydrogen-bond donors (Lipinski definition) is 2. The van der Waals surface area contributed by atoms with Gasteiger partial charge in [-0.2, -0.15) is 8.75 Å². The van der Waals surface area contributed by atoms with Crippen LogP contribution in [0.4, 0.5) is 10.5 Å². The van der Waals surface area contributed by atoms with Gasteiger partial charge in [-0.05, 0) is 42.5 Å². The van der Waals surface area contributed by atoms with Crippen molar-refractivity contribution in [2.75, 3.05) is 5.32 Å². The first-order valence-corrected chi connectivity index (χ1v) is 12.8. The molecule has 0 saturated heterocycles. The minimum Gasteiger partial charge on any atom is -0.481 e. The quantitative estimate of drug-likeness (QED) is 0.248. The number of carbonyl (C=O) groups excluding carboxylic acids is 1. The second-order valence-electron chi connectivity index (χ2n) is 9.24. The summed E-state index contributed by atoms with van der Waals surface area (Å²) in [6, 6.07) is 20.8. The molecule has 0 spiro atoms. The highest BCUT2D eigenvalue weighted by Gasteiger charge is 2.51. The lowest BCUT2D eigenvalue weighted by atomic mass is 9.93. The van der Waals surface area contributed by atoms with Crippen LogP contribution in [0, 0.1) is 0 Å². The molecule has 1 atom stereocenters. The highest BCUT2D eigenvalue weighted by Crippen LogP contribution is 2.49. The predicted octanol–water partition coefficient (Wildman–Crippen LogP) is 6.44. The van der Waals surface area contributed by atoms with Gasteiger partial charge in [0.2, 0.25) is 0 Å². The van der Waals surface area contributed by atoms with Crippen LogP contribution in [-0.2, 0) is 14.9 Å². The van der Waals surface area contributed by atoms with Crippen molar-refractivity contribution >= 4 is 40.5 Å². The molecule has 9 nitrogen and oxygen atoms in total. The maximum atomic E-state index is 12.6. The smallest absolute Gasteiger partial charge is 0.412 e. The zero-order valence-electron chi connectivity index (χ0n) is 20.2. The molecule has 1 fully saturated rings. The van der Waals surface area contributed by atoms with Gasteiger partial charge in [0, 0.05) is 5.56 Å². The average molecular weight is 527 g/mol. The number of carboxylic acid groups (broad SMARTS) is 1. The maximum Gasteiger partial charge on any atom is 0.412 e. The maximum absolute atomic E-state index is 12.6. The molecule has 1 unspecified atom stereocenters. The Morgan fingerprint density at radius 3 is 2.37 bits per heavy atom. The molecule has 190 valence electrons. The molecule has 1 aliphatic carbocycles. The van der Waals surface area contributed by atoms with Gasteiger partial charge in [-0.1, -0.05) is 65.8 Å². The van der Waals surface area contributed by atoms with Crippen molar-refractivity contribution in [3.05, 3.63) is 84.1 Å². The van der Waals surface area contributed by atoms with Crippen LogP contribution in [0.25, 0.3) is 33.5 Å². The monoisotopic (exact) mass is 526 g/mol. The van der Waals surface area contributed by atoms with E-state index in [1.54, 1.807) is 6.92 Å². The minimum absolute atomic E-state index is 0.339. The van der Waals surface area contributed by atoms with Crippen LogP contribution in [0.2, 0.25) is 0 Å². The van der Waals surface area contributed by atoms with E-state index in [1.807, 2.05) is 66.7 Å². The van der Waals surface area contributed by atoms with Crippen molar-refractivity contribution in [2.45, 2.75) is 31.3 Å². The van der Waals surface area contributed by atoms with Gasteiger partial charge >= 0.3 is 12.1 Å². The van der Waals surface area contributed by atoms with E-state index in [2.05, 4.69) is 19.2 Å². The third-order valence-electron chi connectivity index (χ3n) is 6.93. The van der Waals surface area contributed by atoms with Crippen LogP contribution >= 0.6 is 11.7 Å². The van der Waals surface area contributed by atoms with Gasteiger partial charge in [0.05, 0.1) is 28.9 Å². The third-order valence-corrected chi connectivity index (χ3v) is 7.46. The number of benzene rings is 3. The van der Waals surface area contributed by atoms with Crippen LogP contribution < -0.4 is 5.32 Å². The van der Waals surface area contributed by atoms with E-state index in [1.165, 1.54) is 6.20 Å². The van der Waals surface area contributed by atoms with Crippen molar-refractivity contribution in [3.63, 3.8) is 0 Å². The molecule has 1 aliphatic rings. The number of aliphatic carboxylic acids is 1. The number of nitrogens with zero attached hydrogens (tertiary/aromatic N) is 3. The van der Waals surface area contributed by atoms with E-state index >= 15 is 0 Å². The van der Waals surface area contributed by atoms with Crippen molar-refractivity contribution in [2.24, 2.45) is 0 Å².